The lowest BCUT2D eigenvalue weighted by Crippen LogP contribution is -2.18. The highest BCUT2D eigenvalue weighted by Crippen LogP contribution is 2.23. The predicted octanol–water partition coefficient (Wildman–Crippen LogP) is 2.58. The molecule has 1 atom stereocenters. The smallest absolute Gasteiger partial charge is 0.354 e. The van der Waals surface area contributed by atoms with E-state index in [1.165, 1.54) is 24.4 Å². The molecule has 0 saturated heterocycles. The molecule has 0 aliphatic rings. The van der Waals surface area contributed by atoms with E-state index in [1.54, 1.807) is 24.0 Å². The van der Waals surface area contributed by atoms with Crippen LogP contribution in [-0.2, 0) is 13.5 Å². The molecule has 0 aliphatic heterocycles. The third kappa shape index (κ3) is 4.00. The summed E-state index contributed by atoms with van der Waals surface area (Å²) < 4.78 is 28.8. The number of aryl methyl sites for hydroxylation is 1. The lowest BCUT2D eigenvalue weighted by atomic mass is 10.0. The fourth-order valence-corrected chi connectivity index (χ4v) is 2.46. The molecule has 0 spiro atoms. The SMILES string of the molecule is Cn1ccc(C(Cc2ccc(F)cc2F)Nc2nccc(C(=O)O)n2)n1. The second kappa shape index (κ2) is 7.26. The van der Waals surface area contributed by atoms with Gasteiger partial charge in [0, 0.05) is 31.9 Å². The summed E-state index contributed by atoms with van der Waals surface area (Å²) in [4.78, 5) is 19.0. The second-order valence-electron chi connectivity index (χ2n) is 5.62. The van der Waals surface area contributed by atoms with Gasteiger partial charge in [-0.3, -0.25) is 4.68 Å². The van der Waals surface area contributed by atoms with Crippen LogP contribution in [0.5, 0.6) is 0 Å². The summed E-state index contributed by atoms with van der Waals surface area (Å²) in [5.41, 5.74) is 0.694. The zero-order valence-electron chi connectivity index (χ0n) is 13.7. The molecular formula is C17H15F2N5O2. The average molecular weight is 359 g/mol. The number of hydrogen-bond acceptors (Lipinski definition) is 5. The van der Waals surface area contributed by atoms with Crippen molar-refractivity contribution in [2.45, 2.75) is 12.5 Å². The van der Waals surface area contributed by atoms with Crippen LogP contribution >= 0.6 is 0 Å². The first kappa shape index (κ1) is 17.5. The maximum absolute atomic E-state index is 14.0. The summed E-state index contributed by atoms with van der Waals surface area (Å²) in [5.74, 6) is -2.45. The zero-order valence-corrected chi connectivity index (χ0v) is 13.7. The lowest BCUT2D eigenvalue weighted by molar-refractivity contribution is 0.0690. The van der Waals surface area contributed by atoms with Gasteiger partial charge >= 0.3 is 5.97 Å². The Morgan fingerprint density at radius 2 is 2.12 bits per heavy atom. The van der Waals surface area contributed by atoms with Crippen LogP contribution in [-0.4, -0.2) is 30.8 Å². The molecule has 7 nitrogen and oxygen atoms in total. The van der Waals surface area contributed by atoms with E-state index in [0.29, 0.717) is 5.69 Å². The summed E-state index contributed by atoms with van der Waals surface area (Å²) in [5, 5.41) is 16.3. The van der Waals surface area contributed by atoms with Gasteiger partial charge in [-0.15, -0.1) is 0 Å². The molecule has 26 heavy (non-hydrogen) atoms. The molecule has 0 saturated carbocycles. The van der Waals surface area contributed by atoms with Gasteiger partial charge in [-0.1, -0.05) is 6.07 Å². The Morgan fingerprint density at radius 1 is 1.31 bits per heavy atom. The first-order chi connectivity index (χ1) is 12.4. The molecule has 2 heterocycles. The van der Waals surface area contributed by atoms with Crippen molar-refractivity contribution in [2.24, 2.45) is 7.05 Å². The van der Waals surface area contributed by atoms with Crippen LogP contribution in [0.4, 0.5) is 14.7 Å². The molecule has 0 bridgehead atoms. The van der Waals surface area contributed by atoms with E-state index in [4.69, 9.17) is 5.11 Å². The van der Waals surface area contributed by atoms with Gasteiger partial charge < -0.3 is 10.4 Å². The Labute approximate surface area is 147 Å². The molecule has 0 radical (unpaired) electrons. The topological polar surface area (TPSA) is 92.9 Å². The van der Waals surface area contributed by atoms with Crippen molar-refractivity contribution < 1.29 is 18.7 Å². The number of nitrogens with one attached hydrogen (secondary N) is 1. The van der Waals surface area contributed by atoms with Crippen LogP contribution in [0.2, 0.25) is 0 Å². The van der Waals surface area contributed by atoms with Crippen LogP contribution in [0.25, 0.3) is 0 Å². The number of nitrogens with zero attached hydrogens (tertiary/aromatic N) is 4. The van der Waals surface area contributed by atoms with Gasteiger partial charge in [0.05, 0.1) is 11.7 Å². The molecule has 2 aromatic heterocycles. The summed E-state index contributed by atoms with van der Waals surface area (Å²) in [6.07, 6.45) is 3.18. The Balaban J connectivity index is 1.91. The van der Waals surface area contributed by atoms with E-state index in [-0.39, 0.29) is 23.6 Å². The minimum atomic E-state index is -1.19. The van der Waals surface area contributed by atoms with E-state index in [2.05, 4.69) is 20.4 Å². The number of hydrogen-bond donors (Lipinski definition) is 2. The molecule has 1 unspecified atom stereocenters. The first-order valence-electron chi connectivity index (χ1n) is 7.68. The normalized spacial score (nSPS) is 12.0. The largest absolute Gasteiger partial charge is 0.477 e. The molecule has 134 valence electrons. The summed E-state index contributed by atoms with van der Waals surface area (Å²) >= 11 is 0. The fraction of sp³-hybridized carbons (Fsp3) is 0.176. The van der Waals surface area contributed by atoms with Crippen LogP contribution in [0.15, 0.2) is 42.7 Å². The van der Waals surface area contributed by atoms with Crippen LogP contribution in [0.3, 0.4) is 0 Å². The summed E-state index contributed by atoms with van der Waals surface area (Å²) in [7, 11) is 1.74. The van der Waals surface area contributed by atoms with E-state index >= 15 is 0 Å². The quantitative estimate of drug-likeness (QED) is 0.703. The molecule has 0 amide bonds. The number of benzene rings is 1. The molecule has 3 aromatic rings. The number of halogens is 2. The van der Waals surface area contributed by atoms with Crippen molar-refractivity contribution in [1.29, 1.82) is 0 Å². The number of carboxylic acids is 1. The first-order valence-corrected chi connectivity index (χ1v) is 7.68. The van der Waals surface area contributed by atoms with Crippen molar-refractivity contribution in [3.8, 4) is 0 Å². The summed E-state index contributed by atoms with van der Waals surface area (Å²) in [6.45, 7) is 0. The Hall–Kier alpha value is -3.36. The van der Waals surface area contributed by atoms with Crippen molar-refractivity contribution >= 4 is 11.9 Å². The Bertz CT molecular complexity index is 944. The van der Waals surface area contributed by atoms with Gasteiger partial charge in [0.1, 0.15) is 11.6 Å². The number of carbonyl (C=O) groups is 1. The second-order valence-corrected chi connectivity index (χ2v) is 5.62. The standard InChI is InChI=1S/C17H15F2N5O2/c1-24-7-5-13(23-24)15(8-10-2-3-11(18)9-12(10)19)22-17-20-6-4-14(21-17)16(25)26/h2-7,9,15H,8H2,1H3,(H,25,26)(H,20,21,22). The van der Waals surface area contributed by atoms with Crippen LogP contribution in [0.1, 0.15) is 27.8 Å². The van der Waals surface area contributed by atoms with Gasteiger partial charge in [0.25, 0.3) is 0 Å². The van der Waals surface area contributed by atoms with Gasteiger partial charge in [0.15, 0.2) is 5.69 Å². The van der Waals surface area contributed by atoms with Crippen molar-refractivity contribution in [3.05, 3.63) is 71.3 Å². The summed E-state index contributed by atoms with van der Waals surface area (Å²) in [6, 6.07) is 5.81. The van der Waals surface area contributed by atoms with Crippen molar-refractivity contribution in [1.82, 2.24) is 19.7 Å². The highest BCUT2D eigenvalue weighted by Gasteiger charge is 2.19. The molecule has 1 aromatic carbocycles. The van der Waals surface area contributed by atoms with Crippen molar-refractivity contribution in [2.75, 3.05) is 5.32 Å². The van der Waals surface area contributed by atoms with Gasteiger partial charge in [-0.2, -0.15) is 5.10 Å². The van der Waals surface area contributed by atoms with Gasteiger partial charge in [-0.25, -0.2) is 23.5 Å². The molecule has 2 N–H and O–H groups in total. The predicted molar refractivity (Wildman–Crippen MR) is 88.6 cm³/mol. The fourth-order valence-electron chi connectivity index (χ4n) is 2.46. The van der Waals surface area contributed by atoms with Gasteiger partial charge in [0.2, 0.25) is 5.95 Å². The average Bonchev–Trinajstić information content (AvgIpc) is 3.03. The van der Waals surface area contributed by atoms with E-state index in [0.717, 1.165) is 6.07 Å². The molecule has 0 aliphatic carbocycles. The van der Waals surface area contributed by atoms with Crippen molar-refractivity contribution in [3.63, 3.8) is 0 Å². The van der Waals surface area contributed by atoms with Crippen LogP contribution < -0.4 is 5.32 Å². The number of carboxylic acid groups (broad SMARTS) is 1. The highest BCUT2D eigenvalue weighted by atomic mass is 19.1. The maximum atomic E-state index is 14.0. The third-order valence-electron chi connectivity index (χ3n) is 3.71. The molecule has 9 heteroatoms. The monoisotopic (exact) mass is 359 g/mol. The molecular weight excluding hydrogens is 344 g/mol. The van der Waals surface area contributed by atoms with Gasteiger partial charge in [-0.05, 0) is 23.8 Å². The van der Waals surface area contributed by atoms with Crippen LogP contribution in [0, 0.1) is 11.6 Å². The number of aromatic nitrogens is 4. The minimum absolute atomic E-state index is 0.0723. The van der Waals surface area contributed by atoms with E-state index in [9.17, 15) is 13.6 Å². The Kier molecular flexibility index (Phi) is 4.87. The highest BCUT2D eigenvalue weighted by molar-refractivity contribution is 5.85. The molecule has 0 fully saturated rings. The van der Waals surface area contributed by atoms with E-state index in [1.807, 2.05) is 0 Å². The minimum Gasteiger partial charge on any atom is -0.477 e. The number of anilines is 1. The Morgan fingerprint density at radius 3 is 2.77 bits per heavy atom. The van der Waals surface area contributed by atoms with E-state index < -0.39 is 23.6 Å². The number of rotatable bonds is 6. The third-order valence-corrected chi connectivity index (χ3v) is 3.71. The lowest BCUT2D eigenvalue weighted by Gasteiger charge is -2.17. The maximum Gasteiger partial charge on any atom is 0.354 e. The zero-order chi connectivity index (χ0) is 18.7. The molecule has 3 rings (SSSR count). The number of aromatic carboxylic acids is 1.